The Bertz CT molecular complexity index is 689. The number of halogens is 2. The summed E-state index contributed by atoms with van der Waals surface area (Å²) in [6.07, 6.45) is 0.974. The predicted molar refractivity (Wildman–Crippen MR) is 94.8 cm³/mol. The molecule has 0 atom stereocenters. The van der Waals surface area contributed by atoms with Crippen molar-refractivity contribution in [3.63, 3.8) is 0 Å². The zero-order chi connectivity index (χ0) is 14.1. The Morgan fingerprint density at radius 1 is 1.18 bits per heavy atom. The normalized spacial score (nSPS) is 11.5. The molecule has 0 spiro atoms. The Morgan fingerprint density at radius 3 is 2.68 bits per heavy atom. The van der Waals surface area contributed by atoms with E-state index in [1.54, 1.807) is 0 Å². The summed E-state index contributed by atoms with van der Waals surface area (Å²) in [5.74, 6) is -0.0894. The molecule has 0 aliphatic carbocycles. The van der Waals surface area contributed by atoms with E-state index in [1.165, 1.54) is 5.56 Å². The molecule has 0 saturated carbocycles. The van der Waals surface area contributed by atoms with Gasteiger partial charge in [0.15, 0.2) is 0 Å². The molecule has 0 unspecified atom stereocenters. The van der Waals surface area contributed by atoms with Crippen LogP contribution in [0.5, 0.6) is 0 Å². The standard InChI is InChI=1S/C16H17N3O.2ClH/c1-10-3-5-14(11(2)18-10)19-16(20)13-4-6-15-12(9-13)7-8-17-15;;/h3-6,9,17H,7-8H2,1-2H3,(H,19,20);2*1H. The third kappa shape index (κ3) is 3.70. The molecule has 1 aliphatic heterocycles. The van der Waals surface area contributed by atoms with E-state index in [-0.39, 0.29) is 30.7 Å². The van der Waals surface area contributed by atoms with Crippen molar-refractivity contribution in [2.45, 2.75) is 20.3 Å². The lowest BCUT2D eigenvalue weighted by Crippen LogP contribution is -2.13. The maximum Gasteiger partial charge on any atom is 0.255 e. The Morgan fingerprint density at radius 2 is 1.95 bits per heavy atom. The van der Waals surface area contributed by atoms with Crippen molar-refractivity contribution < 1.29 is 4.79 Å². The quantitative estimate of drug-likeness (QED) is 0.875. The van der Waals surface area contributed by atoms with Gasteiger partial charge in [0.05, 0.1) is 11.4 Å². The summed E-state index contributed by atoms with van der Waals surface area (Å²) >= 11 is 0. The van der Waals surface area contributed by atoms with Crippen molar-refractivity contribution in [1.82, 2.24) is 4.98 Å². The summed E-state index contributed by atoms with van der Waals surface area (Å²) in [6.45, 7) is 4.78. The molecule has 1 aromatic heterocycles. The first-order chi connectivity index (χ1) is 9.63. The molecule has 4 nitrogen and oxygen atoms in total. The van der Waals surface area contributed by atoms with E-state index in [1.807, 2.05) is 44.2 Å². The number of nitrogens with zero attached hydrogens (tertiary/aromatic N) is 1. The lowest BCUT2D eigenvalue weighted by molar-refractivity contribution is 0.102. The van der Waals surface area contributed by atoms with Crippen LogP contribution >= 0.6 is 24.8 Å². The Kier molecular flexibility index (Phi) is 6.21. The molecule has 2 heterocycles. The monoisotopic (exact) mass is 339 g/mol. The molecule has 6 heteroatoms. The first-order valence-corrected chi connectivity index (χ1v) is 6.76. The summed E-state index contributed by atoms with van der Waals surface area (Å²) in [5, 5.41) is 6.21. The summed E-state index contributed by atoms with van der Waals surface area (Å²) < 4.78 is 0. The van der Waals surface area contributed by atoms with Crippen LogP contribution in [-0.4, -0.2) is 17.4 Å². The van der Waals surface area contributed by atoms with Gasteiger partial charge in [-0.3, -0.25) is 9.78 Å². The van der Waals surface area contributed by atoms with Crippen molar-refractivity contribution in [3.05, 3.63) is 52.8 Å². The van der Waals surface area contributed by atoms with E-state index >= 15 is 0 Å². The SMILES string of the molecule is Cc1ccc(NC(=O)c2ccc3c(c2)CCN3)c(C)n1.Cl.Cl. The molecule has 2 N–H and O–H groups in total. The second kappa shape index (κ2) is 7.47. The molecule has 1 aromatic carbocycles. The minimum Gasteiger partial charge on any atom is -0.384 e. The summed E-state index contributed by atoms with van der Waals surface area (Å²) in [6, 6.07) is 9.57. The van der Waals surface area contributed by atoms with Gasteiger partial charge in [-0.15, -0.1) is 24.8 Å². The zero-order valence-corrected chi connectivity index (χ0v) is 14.1. The molecular weight excluding hydrogens is 321 g/mol. The van der Waals surface area contributed by atoms with Gasteiger partial charge >= 0.3 is 0 Å². The predicted octanol–water partition coefficient (Wildman–Crippen LogP) is 3.76. The maximum atomic E-state index is 12.3. The number of benzene rings is 1. The minimum absolute atomic E-state index is 0. The van der Waals surface area contributed by atoms with Crippen molar-refractivity contribution >= 4 is 42.1 Å². The number of carbonyl (C=O) groups is 1. The number of hydrogen-bond donors (Lipinski definition) is 2. The van der Waals surface area contributed by atoms with Gasteiger partial charge in [-0.2, -0.15) is 0 Å². The Hall–Kier alpha value is -1.78. The van der Waals surface area contributed by atoms with Crippen LogP contribution in [0.1, 0.15) is 27.3 Å². The molecule has 1 amide bonds. The van der Waals surface area contributed by atoms with Crippen LogP contribution in [0.2, 0.25) is 0 Å². The number of pyridine rings is 1. The molecule has 0 radical (unpaired) electrons. The summed E-state index contributed by atoms with van der Waals surface area (Å²) in [7, 11) is 0. The number of hydrogen-bond acceptors (Lipinski definition) is 3. The molecule has 118 valence electrons. The fourth-order valence-corrected chi connectivity index (χ4v) is 2.46. The first-order valence-electron chi connectivity index (χ1n) is 6.76. The number of aromatic nitrogens is 1. The lowest BCUT2D eigenvalue weighted by Gasteiger charge is -2.09. The van der Waals surface area contributed by atoms with Crippen molar-refractivity contribution in [3.8, 4) is 0 Å². The average Bonchev–Trinajstić information content (AvgIpc) is 2.89. The smallest absolute Gasteiger partial charge is 0.255 e. The van der Waals surface area contributed by atoms with Crippen molar-refractivity contribution in [2.75, 3.05) is 17.2 Å². The van der Waals surface area contributed by atoms with Crippen LogP contribution in [-0.2, 0) is 6.42 Å². The third-order valence-corrected chi connectivity index (χ3v) is 3.55. The van der Waals surface area contributed by atoms with Crippen LogP contribution in [0.25, 0.3) is 0 Å². The molecule has 0 bridgehead atoms. The second-order valence-corrected chi connectivity index (χ2v) is 5.09. The highest BCUT2D eigenvalue weighted by molar-refractivity contribution is 6.05. The van der Waals surface area contributed by atoms with Gasteiger partial charge in [-0.1, -0.05) is 0 Å². The number of nitrogens with one attached hydrogen (secondary N) is 2. The van der Waals surface area contributed by atoms with Gasteiger partial charge in [-0.05, 0) is 56.2 Å². The molecular formula is C16H19Cl2N3O. The summed E-state index contributed by atoms with van der Waals surface area (Å²) in [4.78, 5) is 16.6. The molecule has 3 rings (SSSR count). The molecule has 0 saturated heterocycles. The fourth-order valence-electron chi connectivity index (χ4n) is 2.46. The fraction of sp³-hybridized carbons (Fsp3) is 0.250. The van der Waals surface area contributed by atoms with Crippen LogP contribution in [0.15, 0.2) is 30.3 Å². The highest BCUT2D eigenvalue weighted by Gasteiger charge is 2.14. The number of amides is 1. The van der Waals surface area contributed by atoms with Crippen LogP contribution in [0.3, 0.4) is 0 Å². The van der Waals surface area contributed by atoms with Gasteiger partial charge in [0, 0.05) is 23.5 Å². The van der Waals surface area contributed by atoms with E-state index in [0.29, 0.717) is 5.56 Å². The maximum absolute atomic E-state index is 12.3. The zero-order valence-electron chi connectivity index (χ0n) is 12.5. The number of anilines is 2. The number of aryl methyl sites for hydroxylation is 2. The Labute approximate surface area is 142 Å². The molecule has 2 aromatic rings. The van der Waals surface area contributed by atoms with E-state index in [0.717, 1.165) is 35.7 Å². The van der Waals surface area contributed by atoms with Crippen LogP contribution < -0.4 is 10.6 Å². The summed E-state index contributed by atoms with van der Waals surface area (Å²) in [5.41, 5.74) is 5.57. The molecule has 0 fully saturated rings. The lowest BCUT2D eigenvalue weighted by atomic mass is 10.1. The van der Waals surface area contributed by atoms with Gasteiger partial charge in [0.25, 0.3) is 5.91 Å². The topological polar surface area (TPSA) is 54.0 Å². The second-order valence-electron chi connectivity index (χ2n) is 5.09. The first kappa shape index (κ1) is 18.3. The van der Waals surface area contributed by atoms with Gasteiger partial charge < -0.3 is 10.6 Å². The number of fused-ring (bicyclic) bond motifs is 1. The average molecular weight is 340 g/mol. The van der Waals surface area contributed by atoms with Crippen LogP contribution in [0.4, 0.5) is 11.4 Å². The van der Waals surface area contributed by atoms with E-state index < -0.39 is 0 Å². The molecule has 22 heavy (non-hydrogen) atoms. The van der Waals surface area contributed by atoms with Gasteiger partial charge in [0.1, 0.15) is 0 Å². The van der Waals surface area contributed by atoms with Crippen molar-refractivity contribution in [1.29, 1.82) is 0 Å². The largest absolute Gasteiger partial charge is 0.384 e. The third-order valence-electron chi connectivity index (χ3n) is 3.55. The van der Waals surface area contributed by atoms with E-state index in [9.17, 15) is 4.79 Å². The number of carbonyl (C=O) groups excluding carboxylic acids is 1. The molecule has 1 aliphatic rings. The highest BCUT2D eigenvalue weighted by atomic mass is 35.5. The van der Waals surface area contributed by atoms with Crippen LogP contribution in [0, 0.1) is 13.8 Å². The highest BCUT2D eigenvalue weighted by Crippen LogP contribution is 2.23. The van der Waals surface area contributed by atoms with Gasteiger partial charge in [-0.25, -0.2) is 0 Å². The van der Waals surface area contributed by atoms with Gasteiger partial charge in [0.2, 0.25) is 0 Å². The van der Waals surface area contributed by atoms with Crippen molar-refractivity contribution in [2.24, 2.45) is 0 Å². The van der Waals surface area contributed by atoms with E-state index in [4.69, 9.17) is 0 Å². The van der Waals surface area contributed by atoms with E-state index in [2.05, 4.69) is 15.6 Å². The Balaban J connectivity index is 0.00000121. The number of rotatable bonds is 2. The minimum atomic E-state index is -0.0894.